The number of benzene rings is 2. The van der Waals surface area contributed by atoms with Crippen LogP contribution >= 0.6 is 23.4 Å². The van der Waals surface area contributed by atoms with Crippen LogP contribution in [0, 0.1) is 0 Å². The van der Waals surface area contributed by atoms with E-state index < -0.39 is 0 Å². The molecule has 0 unspecified atom stereocenters. The van der Waals surface area contributed by atoms with Crippen LogP contribution in [0.2, 0.25) is 0 Å². The van der Waals surface area contributed by atoms with Crippen molar-refractivity contribution in [2.24, 2.45) is 0 Å². The molecule has 0 saturated heterocycles. The Morgan fingerprint density at radius 1 is 0.920 bits per heavy atom. The molecule has 0 saturated carbocycles. The number of carbonyl (C=O) groups excluding carboxylic acids is 1. The van der Waals surface area contributed by atoms with Crippen LogP contribution in [0.25, 0.3) is 0 Å². The van der Waals surface area contributed by atoms with E-state index in [2.05, 4.69) is 64.1 Å². The van der Waals surface area contributed by atoms with Gasteiger partial charge in [0.15, 0.2) is 0 Å². The average Bonchev–Trinajstić information content (AvgIpc) is 2.65. The van der Waals surface area contributed by atoms with E-state index in [0.29, 0.717) is 19.0 Å². The van der Waals surface area contributed by atoms with Crippen molar-refractivity contribution in [1.29, 1.82) is 0 Å². The summed E-state index contributed by atoms with van der Waals surface area (Å²) < 4.78 is 0. The minimum atomic E-state index is -0.147. The molecule has 0 fully saturated rings. The summed E-state index contributed by atoms with van der Waals surface area (Å²) in [5.41, 5.74) is 2.53. The van der Waals surface area contributed by atoms with Crippen LogP contribution in [0.4, 0.5) is 16.2 Å². The number of nitrogens with zero attached hydrogens (tertiary/aromatic N) is 1. The summed E-state index contributed by atoms with van der Waals surface area (Å²) in [6, 6.07) is 16.9. The predicted molar refractivity (Wildman–Crippen MR) is 105 cm³/mol. The highest BCUT2D eigenvalue weighted by Gasteiger charge is 2.22. The number of para-hydroxylation sites is 2. The Hall–Kier alpha value is -1.85. The van der Waals surface area contributed by atoms with Gasteiger partial charge in [-0.3, -0.25) is 0 Å². The largest absolute Gasteiger partial charge is 0.340 e. The van der Waals surface area contributed by atoms with E-state index >= 15 is 0 Å². The van der Waals surface area contributed by atoms with Crippen LogP contribution in [0.3, 0.4) is 0 Å². The number of rotatable bonds is 7. The summed E-state index contributed by atoms with van der Waals surface area (Å²) in [6.07, 6.45) is 1.94. The molecule has 1 aliphatic rings. The Morgan fingerprint density at radius 3 is 2.16 bits per heavy atom. The normalized spacial score (nSPS) is 12.3. The van der Waals surface area contributed by atoms with Crippen molar-refractivity contribution >= 4 is 40.8 Å². The van der Waals surface area contributed by atoms with Crippen molar-refractivity contribution in [3.8, 4) is 0 Å². The first-order valence-electron chi connectivity index (χ1n) is 8.50. The lowest BCUT2D eigenvalue weighted by atomic mass is 10.2. The smallest absolute Gasteiger partial charge is 0.314 e. The molecule has 0 radical (unpaired) electrons. The maximum absolute atomic E-state index is 11.5. The van der Waals surface area contributed by atoms with Gasteiger partial charge in [0.2, 0.25) is 0 Å². The van der Waals surface area contributed by atoms with Crippen molar-refractivity contribution in [2.45, 2.75) is 22.6 Å². The van der Waals surface area contributed by atoms with E-state index in [1.807, 2.05) is 11.8 Å². The number of amides is 2. The molecule has 0 bridgehead atoms. The molecule has 1 aliphatic heterocycles. The van der Waals surface area contributed by atoms with Gasteiger partial charge in [-0.25, -0.2) is 4.79 Å². The third-order valence-electron chi connectivity index (χ3n) is 4.01. The van der Waals surface area contributed by atoms with Gasteiger partial charge in [-0.2, -0.15) is 0 Å². The minimum absolute atomic E-state index is 0.147. The van der Waals surface area contributed by atoms with Gasteiger partial charge in [0.1, 0.15) is 0 Å². The van der Waals surface area contributed by atoms with Gasteiger partial charge in [-0.05, 0) is 37.1 Å². The molecule has 4 nitrogen and oxygen atoms in total. The average molecular weight is 376 g/mol. The lowest BCUT2D eigenvalue weighted by molar-refractivity contribution is 0.241. The summed E-state index contributed by atoms with van der Waals surface area (Å²) >= 11 is 7.37. The first kappa shape index (κ1) is 18.0. The van der Waals surface area contributed by atoms with E-state index in [0.717, 1.165) is 19.4 Å². The number of nitrogens with one attached hydrogen (secondary N) is 2. The SMILES string of the molecule is O=C(NCCCl)NCCCCN1c2ccccc2Sc2ccccc21. The maximum Gasteiger partial charge on any atom is 0.314 e. The topological polar surface area (TPSA) is 44.4 Å². The van der Waals surface area contributed by atoms with Gasteiger partial charge < -0.3 is 15.5 Å². The number of unbranched alkanes of at least 4 members (excludes halogenated alkanes) is 1. The van der Waals surface area contributed by atoms with Crippen LogP contribution < -0.4 is 15.5 Å². The fourth-order valence-electron chi connectivity index (χ4n) is 2.84. The zero-order valence-electron chi connectivity index (χ0n) is 14.0. The summed E-state index contributed by atoms with van der Waals surface area (Å²) in [5, 5.41) is 5.57. The van der Waals surface area contributed by atoms with E-state index in [-0.39, 0.29) is 6.03 Å². The molecule has 6 heteroatoms. The lowest BCUT2D eigenvalue weighted by Crippen LogP contribution is -2.37. The standard InChI is InChI=1S/C19H22ClN3OS/c20-11-13-22-19(24)21-12-5-6-14-23-15-7-1-3-9-17(15)25-18-10-4-2-8-16(18)23/h1-4,7-10H,5-6,11-14H2,(H2,21,22,24). The van der Waals surface area contributed by atoms with Crippen LogP contribution in [-0.2, 0) is 0 Å². The van der Waals surface area contributed by atoms with E-state index in [9.17, 15) is 4.79 Å². The van der Waals surface area contributed by atoms with Gasteiger partial charge in [0, 0.05) is 35.3 Å². The molecule has 2 aromatic carbocycles. The summed E-state index contributed by atoms with van der Waals surface area (Å²) in [5.74, 6) is 0.430. The molecule has 2 N–H and O–H groups in total. The number of fused-ring (bicyclic) bond motifs is 2. The van der Waals surface area contributed by atoms with Crippen molar-refractivity contribution in [2.75, 3.05) is 30.4 Å². The number of halogens is 1. The van der Waals surface area contributed by atoms with Crippen LogP contribution in [-0.4, -0.2) is 31.5 Å². The number of carbonyl (C=O) groups is 1. The second-order valence-electron chi connectivity index (χ2n) is 5.77. The molecule has 25 heavy (non-hydrogen) atoms. The van der Waals surface area contributed by atoms with E-state index in [4.69, 9.17) is 11.6 Å². The van der Waals surface area contributed by atoms with Gasteiger partial charge in [-0.1, -0.05) is 36.0 Å². The molecule has 1 heterocycles. The molecule has 2 aromatic rings. The second kappa shape index (κ2) is 9.02. The molecule has 0 aromatic heterocycles. The zero-order valence-corrected chi connectivity index (χ0v) is 15.6. The Morgan fingerprint density at radius 2 is 1.52 bits per heavy atom. The quantitative estimate of drug-likeness (QED) is 0.548. The molecule has 0 aliphatic carbocycles. The molecule has 132 valence electrons. The number of urea groups is 1. The van der Waals surface area contributed by atoms with Crippen molar-refractivity contribution in [3.63, 3.8) is 0 Å². The molecular weight excluding hydrogens is 354 g/mol. The Bertz CT molecular complexity index is 680. The molecule has 0 spiro atoms. The van der Waals surface area contributed by atoms with Gasteiger partial charge in [-0.15, -0.1) is 11.6 Å². The molecule has 2 amide bonds. The molecule has 0 atom stereocenters. The van der Waals surface area contributed by atoms with Crippen molar-refractivity contribution in [3.05, 3.63) is 48.5 Å². The van der Waals surface area contributed by atoms with Gasteiger partial charge in [0.05, 0.1) is 11.4 Å². The molecule has 3 rings (SSSR count). The summed E-state index contributed by atoms with van der Waals surface area (Å²) in [4.78, 5) is 16.5. The highest BCUT2D eigenvalue weighted by molar-refractivity contribution is 7.99. The Kier molecular flexibility index (Phi) is 6.48. The number of anilines is 2. The van der Waals surface area contributed by atoms with Gasteiger partial charge >= 0.3 is 6.03 Å². The fraction of sp³-hybridized carbons (Fsp3) is 0.316. The molecular formula is C19H22ClN3OS. The number of hydrogen-bond acceptors (Lipinski definition) is 3. The second-order valence-corrected chi connectivity index (χ2v) is 7.23. The number of hydrogen-bond donors (Lipinski definition) is 2. The van der Waals surface area contributed by atoms with Crippen molar-refractivity contribution in [1.82, 2.24) is 10.6 Å². The zero-order chi connectivity index (χ0) is 17.5. The summed E-state index contributed by atoms with van der Waals surface area (Å²) in [6.45, 7) is 2.09. The highest BCUT2D eigenvalue weighted by atomic mass is 35.5. The minimum Gasteiger partial charge on any atom is -0.340 e. The van der Waals surface area contributed by atoms with Crippen LogP contribution in [0.5, 0.6) is 0 Å². The van der Waals surface area contributed by atoms with E-state index in [1.54, 1.807) is 0 Å². The Balaban J connectivity index is 1.57. The third-order valence-corrected chi connectivity index (χ3v) is 5.33. The first-order chi connectivity index (χ1) is 12.3. The van der Waals surface area contributed by atoms with Gasteiger partial charge in [0.25, 0.3) is 0 Å². The van der Waals surface area contributed by atoms with E-state index in [1.165, 1.54) is 21.2 Å². The lowest BCUT2D eigenvalue weighted by Gasteiger charge is -2.32. The van der Waals surface area contributed by atoms with Crippen LogP contribution in [0.15, 0.2) is 58.3 Å². The Labute approximate surface area is 157 Å². The van der Waals surface area contributed by atoms with Crippen molar-refractivity contribution < 1.29 is 4.79 Å². The highest BCUT2D eigenvalue weighted by Crippen LogP contribution is 2.47. The first-order valence-corrected chi connectivity index (χ1v) is 9.86. The predicted octanol–water partition coefficient (Wildman–Crippen LogP) is 4.61. The third kappa shape index (κ3) is 4.61. The summed E-state index contributed by atoms with van der Waals surface area (Å²) in [7, 11) is 0. The maximum atomic E-state index is 11.5. The van der Waals surface area contributed by atoms with Crippen LogP contribution in [0.1, 0.15) is 12.8 Å². The number of alkyl halides is 1. The fourth-order valence-corrected chi connectivity index (χ4v) is 4.03. The monoisotopic (exact) mass is 375 g/mol.